The van der Waals surface area contributed by atoms with Crippen LogP contribution < -0.4 is 10.6 Å². The average Bonchev–Trinajstić information content (AvgIpc) is 3.02. The smallest absolute Gasteiger partial charge is 0.319 e. The number of aryl methyl sites for hydroxylation is 1. The van der Waals surface area contributed by atoms with Crippen molar-refractivity contribution in [1.82, 2.24) is 20.0 Å². The van der Waals surface area contributed by atoms with E-state index in [1.807, 2.05) is 49.1 Å². The summed E-state index contributed by atoms with van der Waals surface area (Å²) in [5.41, 5.74) is 2.46. The summed E-state index contributed by atoms with van der Waals surface area (Å²) < 4.78 is 1.78. The Morgan fingerprint density at radius 2 is 2.04 bits per heavy atom. The Balaban J connectivity index is 1.56. The lowest BCUT2D eigenvalue weighted by Crippen LogP contribution is -2.55. The Morgan fingerprint density at radius 3 is 2.67 bits per heavy atom. The maximum absolute atomic E-state index is 12.4. The monoisotopic (exact) mass is 371 g/mol. The molecule has 8 heteroatoms. The highest BCUT2D eigenvalue weighted by Crippen LogP contribution is 2.26. The fourth-order valence-electron chi connectivity index (χ4n) is 3.41. The largest absolute Gasteiger partial charge is 0.480 e. The number of likely N-dealkylation sites (N-methyl/N-ethyl adjacent to an activating group) is 1. The van der Waals surface area contributed by atoms with E-state index in [4.69, 9.17) is 5.11 Å². The first-order valence-corrected chi connectivity index (χ1v) is 9.11. The van der Waals surface area contributed by atoms with E-state index in [0.717, 1.165) is 24.2 Å². The van der Waals surface area contributed by atoms with Crippen molar-refractivity contribution in [3.8, 4) is 5.69 Å². The number of hydrogen-bond donors (Lipinski definition) is 3. The van der Waals surface area contributed by atoms with Crippen LogP contribution in [0.1, 0.15) is 25.5 Å². The Hall–Kier alpha value is -2.87. The van der Waals surface area contributed by atoms with Crippen molar-refractivity contribution in [3.63, 3.8) is 0 Å². The van der Waals surface area contributed by atoms with Gasteiger partial charge in [-0.3, -0.25) is 9.69 Å². The summed E-state index contributed by atoms with van der Waals surface area (Å²) in [5.74, 6) is -0.823. The molecule has 27 heavy (non-hydrogen) atoms. The van der Waals surface area contributed by atoms with E-state index in [2.05, 4.69) is 15.7 Å². The summed E-state index contributed by atoms with van der Waals surface area (Å²) in [5, 5.41) is 19.1. The molecule has 0 atom stereocenters. The standard InChI is InChI=1S/C19H25N5O3/c1-3-23(12-18(25)26)15-10-14(11-15)21-19(27)22-16-6-4-5-7-17(16)24-13(2)8-9-20-24/h4-9,14-15H,3,10-12H2,1-2H3,(H,25,26)(H2,21,22,27). The van der Waals surface area contributed by atoms with Gasteiger partial charge in [-0.1, -0.05) is 19.1 Å². The topological polar surface area (TPSA) is 99.5 Å². The molecule has 0 radical (unpaired) electrons. The minimum atomic E-state index is -0.823. The molecule has 0 saturated heterocycles. The highest BCUT2D eigenvalue weighted by molar-refractivity contribution is 5.91. The lowest BCUT2D eigenvalue weighted by atomic mass is 9.85. The molecule has 0 aliphatic heterocycles. The summed E-state index contributed by atoms with van der Waals surface area (Å²) in [6.07, 6.45) is 3.24. The molecule has 0 unspecified atom stereocenters. The van der Waals surface area contributed by atoms with Gasteiger partial charge in [0.1, 0.15) is 0 Å². The molecule has 1 fully saturated rings. The molecule has 8 nitrogen and oxygen atoms in total. The van der Waals surface area contributed by atoms with E-state index in [-0.39, 0.29) is 24.7 Å². The van der Waals surface area contributed by atoms with Crippen molar-refractivity contribution < 1.29 is 14.7 Å². The Morgan fingerprint density at radius 1 is 1.30 bits per heavy atom. The second-order valence-corrected chi connectivity index (χ2v) is 6.78. The molecule has 0 spiro atoms. The van der Waals surface area contributed by atoms with Crippen LogP contribution in [-0.4, -0.2) is 57.0 Å². The molecule has 1 aliphatic rings. The zero-order valence-electron chi connectivity index (χ0n) is 15.6. The first-order chi connectivity index (χ1) is 13.0. The van der Waals surface area contributed by atoms with E-state index in [1.165, 1.54) is 0 Å². The van der Waals surface area contributed by atoms with E-state index < -0.39 is 5.97 Å². The van der Waals surface area contributed by atoms with Crippen molar-refractivity contribution >= 4 is 17.7 Å². The zero-order valence-corrected chi connectivity index (χ0v) is 15.6. The Bertz CT molecular complexity index is 813. The van der Waals surface area contributed by atoms with Crippen LogP contribution in [0.4, 0.5) is 10.5 Å². The molecule has 1 aromatic carbocycles. The van der Waals surface area contributed by atoms with Crippen molar-refractivity contribution in [2.75, 3.05) is 18.4 Å². The predicted molar refractivity (Wildman–Crippen MR) is 102 cm³/mol. The number of carboxylic acid groups (broad SMARTS) is 1. The molecule has 144 valence electrons. The van der Waals surface area contributed by atoms with Crippen LogP contribution in [0.2, 0.25) is 0 Å². The maximum Gasteiger partial charge on any atom is 0.319 e. The van der Waals surface area contributed by atoms with Gasteiger partial charge in [0.2, 0.25) is 0 Å². The first kappa shape index (κ1) is 18.9. The number of para-hydroxylation sites is 2. The van der Waals surface area contributed by atoms with Gasteiger partial charge >= 0.3 is 12.0 Å². The number of nitrogens with one attached hydrogen (secondary N) is 2. The number of nitrogens with zero attached hydrogens (tertiary/aromatic N) is 3. The average molecular weight is 371 g/mol. The van der Waals surface area contributed by atoms with Gasteiger partial charge in [-0.2, -0.15) is 5.10 Å². The molecule has 3 rings (SSSR count). The van der Waals surface area contributed by atoms with Gasteiger partial charge in [-0.25, -0.2) is 9.48 Å². The SMILES string of the molecule is CCN(CC(=O)O)C1CC(NC(=O)Nc2ccccc2-n2nccc2C)C1. The summed E-state index contributed by atoms with van der Waals surface area (Å²) in [6, 6.07) is 9.40. The first-order valence-electron chi connectivity index (χ1n) is 9.11. The van der Waals surface area contributed by atoms with Crippen LogP contribution in [0.25, 0.3) is 5.69 Å². The Labute approximate surface area is 158 Å². The molecule has 3 N–H and O–H groups in total. The third-order valence-corrected chi connectivity index (χ3v) is 4.92. The fraction of sp³-hybridized carbons (Fsp3) is 0.421. The van der Waals surface area contributed by atoms with Crippen LogP contribution in [-0.2, 0) is 4.79 Å². The normalized spacial score (nSPS) is 18.8. The molecule has 1 aliphatic carbocycles. The van der Waals surface area contributed by atoms with E-state index in [9.17, 15) is 9.59 Å². The second-order valence-electron chi connectivity index (χ2n) is 6.78. The number of urea groups is 1. The van der Waals surface area contributed by atoms with E-state index in [1.54, 1.807) is 10.9 Å². The predicted octanol–water partition coefficient (Wildman–Crippen LogP) is 2.24. The summed E-state index contributed by atoms with van der Waals surface area (Å²) >= 11 is 0. The van der Waals surface area contributed by atoms with E-state index in [0.29, 0.717) is 12.2 Å². The maximum atomic E-state index is 12.4. The van der Waals surface area contributed by atoms with Crippen LogP contribution in [0.5, 0.6) is 0 Å². The van der Waals surface area contributed by atoms with Crippen LogP contribution in [0.15, 0.2) is 36.5 Å². The third-order valence-electron chi connectivity index (χ3n) is 4.92. The van der Waals surface area contributed by atoms with Crippen molar-refractivity contribution in [3.05, 3.63) is 42.2 Å². The quantitative estimate of drug-likeness (QED) is 0.693. The van der Waals surface area contributed by atoms with Gasteiger partial charge in [0, 0.05) is 24.0 Å². The van der Waals surface area contributed by atoms with Crippen LogP contribution >= 0.6 is 0 Å². The van der Waals surface area contributed by atoms with Gasteiger partial charge in [0.05, 0.1) is 17.9 Å². The van der Waals surface area contributed by atoms with Crippen molar-refractivity contribution in [2.45, 2.75) is 38.8 Å². The molecule has 2 aromatic rings. The lowest BCUT2D eigenvalue weighted by molar-refractivity contribution is -0.139. The second kappa shape index (κ2) is 8.22. The number of aromatic nitrogens is 2. The number of carboxylic acids is 1. The van der Waals surface area contributed by atoms with Crippen LogP contribution in [0, 0.1) is 6.92 Å². The van der Waals surface area contributed by atoms with Crippen molar-refractivity contribution in [2.24, 2.45) is 0 Å². The number of amides is 2. The van der Waals surface area contributed by atoms with E-state index >= 15 is 0 Å². The highest BCUT2D eigenvalue weighted by atomic mass is 16.4. The summed E-state index contributed by atoms with van der Waals surface area (Å²) in [6.45, 7) is 4.63. The zero-order chi connectivity index (χ0) is 19.4. The van der Waals surface area contributed by atoms with Crippen LogP contribution in [0.3, 0.4) is 0 Å². The third kappa shape index (κ3) is 4.46. The number of carbonyl (C=O) groups excluding carboxylic acids is 1. The molecular weight excluding hydrogens is 346 g/mol. The summed E-state index contributed by atoms with van der Waals surface area (Å²) in [4.78, 5) is 25.2. The number of hydrogen-bond acceptors (Lipinski definition) is 4. The van der Waals surface area contributed by atoms with Gasteiger partial charge in [-0.05, 0) is 44.5 Å². The number of aliphatic carboxylic acids is 1. The van der Waals surface area contributed by atoms with Crippen molar-refractivity contribution in [1.29, 1.82) is 0 Å². The number of benzene rings is 1. The molecule has 1 saturated carbocycles. The van der Waals surface area contributed by atoms with Gasteiger partial charge in [-0.15, -0.1) is 0 Å². The number of carbonyl (C=O) groups is 2. The highest BCUT2D eigenvalue weighted by Gasteiger charge is 2.34. The van der Waals surface area contributed by atoms with Gasteiger partial charge in [0.15, 0.2) is 0 Å². The summed E-state index contributed by atoms with van der Waals surface area (Å²) in [7, 11) is 0. The van der Waals surface area contributed by atoms with Gasteiger partial charge < -0.3 is 15.7 Å². The minimum Gasteiger partial charge on any atom is -0.480 e. The Kier molecular flexibility index (Phi) is 5.75. The fourth-order valence-corrected chi connectivity index (χ4v) is 3.41. The molecule has 1 aromatic heterocycles. The van der Waals surface area contributed by atoms with Gasteiger partial charge in [0.25, 0.3) is 0 Å². The molecule has 1 heterocycles. The number of rotatable bonds is 7. The lowest BCUT2D eigenvalue weighted by Gasteiger charge is -2.42. The molecule has 0 bridgehead atoms. The number of anilines is 1. The molecular formula is C19H25N5O3. The molecule has 2 amide bonds. The minimum absolute atomic E-state index is 0.0384.